The van der Waals surface area contributed by atoms with E-state index < -0.39 is 0 Å². The number of carbonyl (C=O) groups excluding carboxylic acids is 1. The molecule has 3 aromatic rings. The lowest BCUT2D eigenvalue weighted by Gasteiger charge is -2.11. The molecule has 1 aromatic carbocycles. The number of hydrogen-bond donors (Lipinski definition) is 1. The summed E-state index contributed by atoms with van der Waals surface area (Å²) in [6.45, 7) is 1.86. The highest BCUT2D eigenvalue weighted by Crippen LogP contribution is 2.24. The smallest absolute Gasteiger partial charge is 0.254 e. The van der Waals surface area contributed by atoms with Gasteiger partial charge in [0.2, 0.25) is 0 Å². The summed E-state index contributed by atoms with van der Waals surface area (Å²) in [6.07, 6.45) is 2.99. The molecule has 5 heteroatoms. The molecule has 1 amide bonds. The van der Waals surface area contributed by atoms with E-state index in [1.54, 1.807) is 12.3 Å². The van der Waals surface area contributed by atoms with Crippen molar-refractivity contribution in [2.75, 3.05) is 0 Å². The number of hydrogen-bond acceptors (Lipinski definition) is 3. The Kier molecular flexibility index (Phi) is 3.62. The summed E-state index contributed by atoms with van der Waals surface area (Å²) in [7, 11) is 0. The second-order valence-corrected chi connectivity index (χ2v) is 5.14. The first kappa shape index (κ1) is 13.6. The van der Waals surface area contributed by atoms with Gasteiger partial charge in [0.05, 0.1) is 16.6 Å². The molecule has 0 spiro atoms. The van der Waals surface area contributed by atoms with Crippen LogP contribution in [0.5, 0.6) is 0 Å². The Morgan fingerprint density at radius 2 is 2.14 bits per heavy atom. The highest BCUT2D eigenvalue weighted by molar-refractivity contribution is 6.33. The summed E-state index contributed by atoms with van der Waals surface area (Å²) in [5.74, 6) is 0.422. The Labute approximate surface area is 126 Å². The van der Waals surface area contributed by atoms with E-state index in [-0.39, 0.29) is 11.9 Å². The molecule has 0 aliphatic heterocycles. The predicted molar refractivity (Wildman–Crippen MR) is 81.3 cm³/mol. The van der Waals surface area contributed by atoms with Gasteiger partial charge in [0.25, 0.3) is 5.91 Å². The average Bonchev–Trinajstić information content (AvgIpc) is 2.91. The van der Waals surface area contributed by atoms with Crippen LogP contribution in [0.3, 0.4) is 0 Å². The van der Waals surface area contributed by atoms with E-state index in [1.807, 2.05) is 37.3 Å². The van der Waals surface area contributed by atoms with Gasteiger partial charge in [0.1, 0.15) is 11.3 Å². The molecule has 0 aliphatic carbocycles. The van der Waals surface area contributed by atoms with Gasteiger partial charge in [-0.2, -0.15) is 0 Å². The number of furan rings is 1. The van der Waals surface area contributed by atoms with Crippen molar-refractivity contribution in [2.45, 2.75) is 13.0 Å². The first-order valence-corrected chi connectivity index (χ1v) is 6.92. The minimum Gasteiger partial charge on any atom is -0.459 e. The number of pyridine rings is 1. The molecule has 1 atom stereocenters. The maximum atomic E-state index is 12.2. The summed E-state index contributed by atoms with van der Waals surface area (Å²) in [4.78, 5) is 16.1. The van der Waals surface area contributed by atoms with Crippen molar-refractivity contribution < 1.29 is 9.21 Å². The molecule has 0 radical (unpaired) electrons. The lowest BCUT2D eigenvalue weighted by atomic mass is 10.2. The third-order valence-electron chi connectivity index (χ3n) is 3.23. The Balaban J connectivity index is 1.81. The lowest BCUT2D eigenvalue weighted by Crippen LogP contribution is -2.26. The number of amides is 1. The molecule has 21 heavy (non-hydrogen) atoms. The number of para-hydroxylation sites is 1. The van der Waals surface area contributed by atoms with Crippen molar-refractivity contribution >= 4 is 28.5 Å². The molecule has 0 saturated heterocycles. The fraction of sp³-hybridized carbons (Fsp3) is 0.125. The van der Waals surface area contributed by atoms with Gasteiger partial charge in [0, 0.05) is 17.8 Å². The standard InChI is InChI=1S/C16H13ClN2O2/c1-10(15-8-11-4-2-3-5-14(11)21-15)19-16(20)12-9-18-7-6-13(12)17/h2-10H,1H3,(H,19,20). The number of nitrogens with one attached hydrogen (secondary N) is 1. The van der Waals surface area contributed by atoms with Gasteiger partial charge in [0.15, 0.2) is 0 Å². The predicted octanol–water partition coefficient (Wildman–Crippen LogP) is 3.97. The minimum absolute atomic E-state index is 0.263. The van der Waals surface area contributed by atoms with E-state index in [0.717, 1.165) is 11.0 Å². The van der Waals surface area contributed by atoms with E-state index >= 15 is 0 Å². The van der Waals surface area contributed by atoms with Crippen molar-refractivity contribution in [3.05, 3.63) is 65.1 Å². The van der Waals surface area contributed by atoms with Crippen molar-refractivity contribution in [1.29, 1.82) is 0 Å². The van der Waals surface area contributed by atoms with Crippen molar-refractivity contribution in [3.8, 4) is 0 Å². The molecular formula is C16H13ClN2O2. The highest BCUT2D eigenvalue weighted by Gasteiger charge is 2.17. The number of carbonyl (C=O) groups is 1. The van der Waals surface area contributed by atoms with Crippen LogP contribution < -0.4 is 5.32 Å². The summed E-state index contributed by atoms with van der Waals surface area (Å²) < 4.78 is 5.73. The number of nitrogens with zero attached hydrogens (tertiary/aromatic N) is 1. The molecule has 2 heterocycles. The number of aromatic nitrogens is 1. The largest absolute Gasteiger partial charge is 0.459 e. The molecule has 1 N–H and O–H groups in total. The molecule has 2 aromatic heterocycles. The van der Waals surface area contributed by atoms with Gasteiger partial charge < -0.3 is 9.73 Å². The second kappa shape index (κ2) is 5.58. The van der Waals surface area contributed by atoms with Crippen LogP contribution in [0.15, 0.2) is 53.2 Å². The van der Waals surface area contributed by atoms with E-state index in [9.17, 15) is 4.79 Å². The van der Waals surface area contributed by atoms with E-state index in [2.05, 4.69) is 10.3 Å². The van der Waals surface area contributed by atoms with E-state index in [0.29, 0.717) is 16.3 Å². The van der Waals surface area contributed by atoms with Crippen LogP contribution in [0.4, 0.5) is 0 Å². The zero-order valence-electron chi connectivity index (χ0n) is 11.3. The lowest BCUT2D eigenvalue weighted by molar-refractivity contribution is 0.0935. The third kappa shape index (κ3) is 2.76. The SMILES string of the molecule is CC(NC(=O)c1cnccc1Cl)c1cc2ccccc2o1. The zero-order valence-corrected chi connectivity index (χ0v) is 12.1. The third-order valence-corrected chi connectivity index (χ3v) is 3.56. The number of halogens is 1. The van der Waals surface area contributed by atoms with E-state index in [4.69, 9.17) is 16.0 Å². The van der Waals surface area contributed by atoms with Gasteiger partial charge in [-0.15, -0.1) is 0 Å². The normalized spacial score (nSPS) is 12.3. The Morgan fingerprint density at radius 3 is 2.90 bits per heavy atom. The van der Waals surface area contributed by atoms with Crippen molar-refractivity contribution in [3.63, 3.8) is 0 Å². The maximum Gasteiger partial charge on any atom is 0.254 e. The average molecular weight is 301 g/mol. The number of benzene rings is 1. The number of fused-ring (bicyclic) bond motifs is 1. The molecule has 1 unspecified atom stereocenters. The summed E-state index contributed by atoms with van der Waals surface area (Å²) >= 11 is 5.99. The summed E-state index contributed by atoms with van der Waals surface area (Å²) in [6, 6.07) is 11.0. The highest BCUT2D eigenvalue weighted by atomic mass is 35.5. The monoisotopic (exact) mass is 300 g/mol. The topological polar surface area (TPSA) is 55.1 Å². The van der Waals surface area contributed by atoms with Gasteiger partial charge in [-0.3, -0.25) is 9.78 Å². The van der Waals surface area contributed by atoms with Crippen LogP contribution in [-0.2, 0) is 0 Å². The van der Waals surface area contributed by atoms with Crippen LogP contribution in [-0.4, -0.2) is 10.9 Å². The van der Waals surface area contributed by atoms with Gasteiger partial charge >= 0.3 is 0 Å². The molecule has 0 fully saturated rings. The molecular weight excluding hydrogens is 288 g/mol. The fourth-order valence-electron chi connectivity index (χ4n) is 2.11. The quantitative estimate of drug-likeness (QED) is 0.796. The molecule has 0 aliphatic rings. The van der Waals surface area contributed by atoms with Crippen LogP contribution in [0.25, 0.3) is 11.0 Å². The first-order chi connectivity index (χ1) is 10.1. The van der Waals surface area contributed by atoms with Crippen molar-refractivity contribution in [1.82, 2.24) is 10.3 Å². The van der Waals surface area contributed by atoms with E-state index in [1.165, 1.54) is 6.20 Å². The van der Waals surface area contributed by atoms with Crippen LogP contribution in [0.1, 0.15) is 29.1 Å². The van der Waals surface area contributed by atoms with Crippen LogP contribution >= 0.6 is 11.6 Å². The van der Waals surface area contributed by atoms with Crippen LogP contribution in [0.2, 0.25) is 5.02 Å². The first-order valence-electron chi connectivity index (χ1n) is 6.54. The van der Waals surface area contributed by atoms with Gasteiger partial charge in [-0.1, -0.05) is 29.8 Å². The zero-order chi connectivity index (χ0) is 14.8. The van der Waals surface area contributed by atoms with Gasteiger partial charge in [-0.05, 0) is 25.1 Å². The summed E-state index contributed by atoms with van der Waals surface area (Å²) in [5, 5.41) is 4.24. The Morgan fingerprint density at radius 1 is 1.33 bits per heavy atom. The minimum atomic E-state index is -0.277. The molecule has 106 valence electrons. The second-order valence-electron chi connectivity index (χ2n) is 4.74. The van der Waals surface area contributed by atoms with Gasteiger partial charge in [-0.25, -0.2) is 0 Å². The number of rotatable bonds is 3. The fourth-order valence-corrected chi connectivity index (χ4v) is 2.30. The Bertz CT molecular complexity index is 765. The maximum absolute atomic E-state index is 12.2. The molecule has 0 bridgehead atoms. The van der Waals surface area contributed by atoms with Crippen LogP contribution in [0, 0.1) is 0 Å². The van der Waals surface area contributed by atoms with Crippen molar-refractivity contribution in [2.24, 2.45) is 0 Å². The molecule has 0 saturated carbocycles. The Hall–Kier alpha value is -2.33. The molecule has 4 nitrogen and oxygen atoms in total. The summed E-state index contributed by atoms with van der Waals surface area (Å²) in [5.41, 5.74) is 1.15. The molecule has 3 rings (SSSR count).